The molecule has 0 radical (unpaired) electrons. The van der Waals surface area contributed by atoms with Crippen molar-refractivity contribution in [3.63, 3.8) is 0 Å². The second-order valence-electron chi connectivity index (χ2n) is 5.00. The minimum atomic E-state index is -0.833. The number of hydrogen-bond donors (Lipinski definition) is 2. The van der Waals surface area contributed by atoms with E-state index < -0.39 is 5.97 Å². The van der Waals surface area contributed by atoms with Gasteiger partial charge in [0, 0.05) is 6.92 Å². The third-order valence-corrected chi connectivity index (χ3v) is 5.72. The van der Waals surface area contributed by atoms with Gasteiger partial charge in [-0.1, -0.05) is 0 Å². The molecule has 0 amide bonds. The Morgan fingerprint density at radius 1 is 1.27 bits per heavy atom. The van der Waals surface area contributed by atoms with Crippen LogP contribution in [0.4, 0.5) is 11.4 Å². The molecule has 1 aliphatic carbocycles. The number of benzene rings is 2. The Kier molecular flexibility index (Phi) is 4.80. The van der Waals surface area contributed by atoms with Crippen molar-refractivity contribution in [3.8, 4) is 11.1 Å². The van der Waals surface area contributed by atoms with E-state index in [4.69, 9.17) is 15.6 Å². The molecule has 6 nitrogen and oxygen atoms in total. The zero-order valence-corrected chi connectivity index (χ0v) is 17.5. The molecule has 0 aliphatic heterocycles. The van der Waals surface area contributed by atoms with Gasteiger partial charge >= 0.3 is 120 Å². The molecular formula is C15H13HgN2O4. The van der Waals surface area contributed by atoms with Crippen molar-refractivity contribution in [1.82, 2.24) is 0 Å². The first-order valence-corrected chi connectivity index (χ1v) is 9.26. The molecule has 3 N–H and O–H groups in total. The van der Waals surface area contributed by atoms with Gasteiger partial charge in [0.15, 0.2) is 0 Å². The van der Waals surface area contributed by atoms with Gasteiger partial charge in [0.1, 0.15) is 0 Å². The SMILES string of the molecule is CC(=O)O.Nc1cc2c(c[c]1[Hg])-c1ccc([N+](=O)[O-])cc1C2. The molecule has 0 spiro atoms. The third-order valence-electron chi connectivity index (χ3n) is 3.34. The summed E-state index contributed by atoms with van der Waals surface area (Å²) in [6, 6.07) is 9.25. The predicted octanol–water partition coefficient (Wildman–Crippen LogP) is 2.01. The van der Waals surface area contributed by atoms with Gasteiger partial charge in [-0.25, -0.2) is 0 Å². The minimum absolute atomic E-state index is 0.157. The fourth-order valence-electron chi connectivity index (χ4n) is 2.41. The number of anilines is 1. The maximum absolute atomic E-state index is 10.8. The van der Waals surface area contributed by atoms with Crippen LogP contribution in [-0.2, 0) is 37.3 Å². The summed E-state index contributed by atoms with van der Waals surface area (Å²) in [6.45, 7) is 1.08. The quantitative estimate of drug-likeness (QED) is 0.237. The second kappa shape index (κ2) is 6.43. The Bertz CT molecular complexity index is 770. The summed E-state index contributed by atoms with van der Waals surface area (Å²) in [5, 5.41) is 18.2. The molecule has 0 bridgehead atoms. The van der Waals surface area contributed by atoms with Crippen molar-refractivity contribution in [1.29, 1.82) is 0 Å². The summed E-state index contributed by atoms with van der Waals surface area (Å²) >= 11 is 0.484. The van der Waals surface area contributed by atoms with Crippen LogP contribution in [-0.4, -0.2) is 16.0 Å². The molecule has 22 heavy (non-hydrogen) atoms. The predicted molar refractivity (Wildman–Crippen MR) is 78.7 cm³/mol. The average molecular weight is 486 g/mol. The number of non-ortho nitro benzene ring substituents is 1. The number of carbonyl (C=O) groups is 1. The fourth-order valence-corrected chi connectivity index (χ4v) is 3.60. The van der Waals surface area contributed by atoms with E-state index in [2.05, 4.69) is 6.07 Å². The molecule has 0 aromatic heterocycles. The molecule has 0 unspecified atom stereocenters. The van der Waals surface area contributed by atoms with Crippen LogP contribution in [0, 0.1) is 10.1 Å². The van der Waals surface area contributed by atoms with E-state index in [-0.39, 0.29) is 10.6 Å². The molecule has 0 heterocycles. The standard InChI is InChI=1S/C13H9N2O2.C2H4O2.Hg/c14-10-1-3-12-8(6-10)5-9-7-11(15(16)17)2-4-13(9)12;1-2(3)4;/h2-4,6-7H,5,14H2;1H3,(H,3,4);. The zero-order valence-electron chi connectivity index (χ0n) is 12.0. The summed E-state index contributed by atoms with van der Waals surface area (Å²) in [6.07, 6.45) is 0.741. The molecule has 0 saturated heterocycles. The first-order chi connectivity index (χ1) is 10.3. The number of carboxylic acids is 1. The second-order valence-corrected chi connectivity index (χ2v) is 7.96. The van der Waals surface area contributed by atoms with Crippen molar-refractivity contribution >= 4 is 20.4 Å². The van der Waals surface area contributed by atoms with Gasteiger partial charge in [0.2, 0.25) is 0 Å². The van der Waals surface area contributed by atoms with Crippen molar-refractivity contribution < 1.29 is 40.9 Å². The number of nitrogens with zero attached hydrogens (tertiary/aromatic N) is 1. The van der Waals surface area contributed by atoms with Crippen LogP contribution in [0.3, 0.4) is 0 Å². The van der Waals surface area contributed by atoms with E-state index in [9.17, 15) is 10.1 Å². The number of rotatable bonds is 1. The van der Waals surface area contributed by atoms with Gasteiger partial charge in [-0.05, 0) is 0 Å². The molecular weight excluding hydrogens is 473 g/mol. The summed E-state index contributed by atoms with van der Waals surface area (Å²) in [5.74, 6) is -0.833. The number of nitro groups is 1. The normalized spacial score (nSPS) is 11.0. The number of aliphatic carboxylic acids is 1. The number of fused-ring (bicyclic) bond motifs is 3. The Morgan fingerprint density at radius 2 is 1.86 bits per heavy atom. The Balaban J connectivity index is 0.000000396. The summed E-state index contributed by atoms with van der Waals surface area (Å²) < 4.78 is 1.24. The molecule has 0 atom stereocenters. The van der Waals surface area contributed by atoms with Gasteiger partial charge in [0.05, 0.1) is 0 Å². The topological polar surface area (TPSA) is 106 Å². The van der Waals surface area contributed by atoms with E-state index >= 15 is 0 Å². The molecule has 1 aliphatic rings. The molecule has 0 fully saturated rings. The number of nitro benzene ring substituents is 1. The first kappa shape index (κ1) is 16.4. The number of nitrogens with two attached hydrogens (primary N) is 1. The van der Waals surface area contributed by atoms with Crippen LogP contribution in [0.25, 0.3) is 11.1 Å². The number of hydrogen-bond acceptors (Lipinski definition) is 4. The van der Waals surface area contributed by atoms with Crippen molar-refractivity contribution in [3.05, 3.63) is 51.6 Å². The third kappa shape index (κ3) is 3.44. The van der Waals surface area contributed by atoms with Crippen molar-refractivity contribution in [2.75, 3.05) is 5.73 Å². The van der Waals surface area contributed by atoms with Crippen LogP contribution in [0.5, 0.6) is 0 Å². The van der Waals surface area contributed by atoms with E-state index in [1.807, 2.05) is 12.1 Å². The summed E-state index contributed by atoms with van der Waals surface area (Å²) in [5.41, 5.74) is 11.5. The van der Waals surface area contributed by atoms with Crippen LogP contribution in [0.15, 0.2) is 30.3 Å². The Morgan fingerprint density at radius 3 is 2.45 bits per heavy atom. The molecule has 2 aromatic rings. The van der Waals surface area contributed by atoms with E-state index in [1.54, 1.807) is 12.1 Å². The number of carboxylic acid groups (broad SMARTS) is 1. The van der Waals surface area contributed by atoms with Crippen LogP contribution >= 0.6 is 0 Å². The Labute approximate surface area is 143 Å². The number of nitrogen functional groups attached to an aromatic ring is 1. The van der Waals surface area contributed by atoms with Gasteiger partial charge in [-0.3, -0.25) is 4.79 Å². The van der Waals surface area contributed by atoms with Crippen molar-refractivity contribution in [2.45, 2.75) is 13.3 Å². The molecule has 7 heteroatoms. The fraction of sp³-hybridized carbons (Fsp3) is 0.133. The molecule has 2 aromatic carbocycles. The van der Waals surface area contributed by atoms with Gasteiger partial charge < -0.3 is 5.11 Å². The average Bonchev–Trinajstić information content (AvgIpc) is 2.75. The molecule has 109 valence electrons. The van der Waals surface area contributed by atoms with Crippen LogP contribution in [0.1, 0.15) is 18.1 Å². The van der Waals surface area contributed by atoms with E-state index in [1.165, 1.54) is 14.2 Å². The Hall–Kier alpha value is -1.95. The summed E-state index contributed by atoms with van der Waals surface area (Å²) in [4.78, 5) is 19.4. The van der Waals surface area contributed by atoms with E-state index in [0.717, 1.165) is 30.2 Å². The van der Waals surface area contributed by atoms with Gasteiger partial charge in [0.25, 0.3) is 5.97 Å². The van der Waals surface area contributed by atoms with E-state index in [0.29, 0.717) is 26.1 Å². The first-order valence-electron chi connectivity index (χ1n) is 6.51. The summed E-state index contributed by atoms with van der Waals surface area (Å²) in [7, 11) is 0. The van der Waals surface area contributed by atoms with Crippen molar-refractivity contribution in [2.24, 2.45) is 0 Å². The monoisotopic (exact) mass is 487 g/mol. The van der Waals surface area contributed by atoms with Gasteiger partial charge in [-0.2, -0.15) is 0 Å². The molecule has 3 rings (SSSR count). The van der Waals surface area contributed by atoms with Crippen LogP contribution in [0.2, 0.25) is 0 Å². The molecule has 0 saturated carbocycles. The maximum atomic E-state index is 10.8. The van der Waals surface area contributed by atoms with Gasteiger partial charge in [-0.15, -0.1) is 0 Å². The van der Waals surface area contributed by atoms with Crippen LogP contribution < -0.4 is 8.81 Å². The zero-order chi connectivity index (χ0) is 16.4.